The van der Waals surface area contributed by atoms with Crippen molar-refractivity contribution >= 4 is 34.9 Å². The highest BCUT2D eigenvalue weighted by atomic mass is 35.5. The monoisotopic (exact) mass is 434 g/mol. The standard InChI is InChI=1S/C22H19ClN6O2/c1-28-20(26-21(30)17-8-2-3-9-18(17)23)13-19(27-28)22(31)25-16-7-4-6-15(12-16)14-29-11-5-10-24-29/h2-13H,14H2,1H3,(H,25,31)(H,26,30). The van der Waals surface area contributed by atoms with E-state index < -0.39 is 0 Å². The van der Waals surface area contributed by atoms with Crippen molar-refractivity contribution in [3.63, 3.8) is 0 Å². The molecule has 0 aliphatic rings. The van der Waals surface area contributed by atoms with Gasteiger partial charge in [0.1, 0.15) is 5.82 Å². The van der Waals surface area contributed by atoms with Gasteiger partial charge in [-0.05, 0) is 35.9 Å². The van der Waals surface area contributed by atoms with E-state index in [0.29, 0.717) is 28.6 Å². The largest absolute Gasteiger partial charge is 0.321 e. The molecule has 31 heavy (non-hydrogen) atoms. The molecule has 2 aromatic carbocycles. The lowest BCUT2D eigenvalue weighted by Crippen LogP contribution is -2.14. The normalized spacial score (nSPS) is 10.6. The second-order valence-corrected chi connectivity index (χ2v) is 7.24. The zero-order chi connectivity index (χ0) is 21.8. The van der Waals surface area contributed by atoms with Gasteiger partial charge in [0.25, 0.3) is 11.8 Å². The van der Waals surface area contributed by atoms with Crippen LogP contribution in [0.5, 0.6) is 0 Å². The zero-order valence-electron chi connectivity index (χ0n) is 16.6. The number of anilines is 2. The molecule has 0 atom stereocenters. The number of benzene rings is 2. The quantitative estimate of drug-likeness (QED) is 0.482. The summed E-state index contributed by atoms with van der Waals surface area (Å²) in [6, 6.07) is 17.6. The molecule has 0 spiro atoms. The Morgan fingerprint density at radius 3 is 2.61 bits per heavy atom. The maximum atomic E-state index is 12.7. The molecule has 156 valence electrons. The van der Waals surface area contributed by atoms with Gasteiger partial charge < -0.3 is 10.6 Å². The summed E-state index contributed by atoms with van der Waals surface area (Å²) in [6.07, 6.45) is 3.59. The first-order valence-electron chi connectivity index (χ1n) is 9.47. The maximum Gasteiger partial charge on any atom is 0.276 e. The fourth-order valence-corrected chi connectivity index (χ4v) is 3.27. The van der Waals surface area contributed by atoms with Crippen molar-refractivity contribution in [1.29, 1.82) is 0 Å². The molecule has 0 bridgehead atoms. The van der Waals surface area contributed by atoms with E-state index in [1.807, 2.05) is 30.5 Å². The smallest absolute Gasteiger partial charge is 0.276 e. The minimum absolute atomic E-state index is 0.175. The van der Waals surface area contributed by atoms with E-state index in [0.717, 1.165) is 5.56 Å². The molecule has 9 heteroatoms. The predicted molar refractivity (Wildman–Crippen MR) is 118 cm³/mol. The number of hydrogen-bond acceptors (Lipinski definition) is 4. The Bertz CT molecular complexity index is 1230. The molecule has 2 aromatic heterocycles. The summed E-state index contributed by atoms with van der Waals surface area (Å²) in [5.74, 6) is -0.389. The molecule has 0 radical (unpaired) electrons. The molecule has 2 heterocycles. The van der Waals surface area contributed by atoms with Gasteiger partial charge in [-0.2, -0.15) is 10.2 Å². The van der Waals surface area contributed by atoms with Crippen molar-refractivity contribution in [3.05, 3.63) is 94.9 Å². The van der Waals surface area contributed by atoms with E-state index in [4.69, 9.17) is 11.6 Å². The fourth-order valence-electron chi connectivity index (χ4n) is 3.05. The van der Waals surface area contributed by atoms with Crippen LogP contribution in [-0.2, 0) is 13.6 Å². The summed E-state index contributed by atoms with van der Waals surface area (Å²) < 4.78 is 3.23. The Balaban J connectivity index is 1.45. The first-order chi connectivity index (χ1) is 15.0. The van der Waals surface area contributed by atoms with Crippen LogP contribution >= 0.6 is 11.6 Å². The molecule has 0 unspecified atom stereocenters. The van der Waals surface area contributed by atoms with Gasteiger partial charge in [-0.3, -0.25) is 19.0 Å². The highest BCUT2D eigenvalue weighted by molar-refractivity contribution is 6.34. The molecule has 0 aliphatic carbocycles. The van der Waals surface area contributed by atoms with Gasteiger partial charge in [0, 0.05) is 31.2 Å². The van der Waals surface area contributed by atoms with Crippen LogP contribution in [-0.4, -0.2) is 31.4 Å². The average molecular weight is 435 g/mol. The number of aromatic nitrogens is 4. The van der Waals surface area contributed by atoms with E-state index in [1.54, 1.807) is 48.3 Å². The number of carbonyl (C=O) groups is 2. The lowest BCUT2D eigenvalue weighted by atomic mass is 10.2. The van der Waals surface area contributed by atoms with Crippen LogP contribution in [0, 0.1) is 0 Å². The molecule has 0 aliphatic heterocycles. The maximum absolute atomic E-state index is 12.7. The van der Waals surface area contributed by atoms with E-state index in [9.17, 15) is 9.59 Å². The molecule has 0 fully saturated rings. The van der Waals surface area contributed by atoms with Gasteiger partial charge in [-0.25, -0.2) is 0 Å². The summed E-state index contributed by atoms with van der Waals surface area (Å²) >= 11 is 6.08. The number of nitrogens with one attached hydrogen (secondary N) is 2. The minimum Gasteiger partial charge on any atom is -0.321 e. The Hall–Kier alpha value is -3.91. The van der Waals surface area contributed by atoms with Gasteiger partial charge in [-0.15, -0.1) is 0 Å². The van der Waals surface area contributed by atoms with Crippen molar-refractivity contribution < 1.29 is 9.59 Å². The summed E-state index contributed by atoms with van der Waals surface area (Å²) in [5, 5.41) is 14.3. The number of carbonyl (C=O) groups excluding carboxylic acids is 2. The molecular weight excluding hydrogens is 416 g/mol. The number of hydrogen-bond donors (Lipinski definition) is 2. The lowest BCUT2D eigenvalue weighted by molar-refractivity contribution is 0.101. The third-order valence-electron chi connectivity index (χ3n) is 4.56. The topological polar surface area (TPSA) is 93.8 Å². The van der Waals surface area contributed by atoms with E-state index in [1.165, 1.54) is 10.7 Å². The molecule has 4 aromatic rings. The Morgan fingerprint density at radius 2 is 1.84 bits per heavy atom. The van der Waals surface area contributed by atoms with E-state index in [-0.39, 0.29) is 17.5 Å². The first-order valence-corrected chi connectivity index (χ1v) is 9.85. The summed E-state index contributed by atoms with van der Waals surface area (Å²) in [5.41, 5.74) is 2.15. The Labute approximate surface area is 183 Å². The SMILES string of the molecule is Cn1nc(C(=O)Nc2cccc(Cn3cccn3)c2)cc1NC(=O)c1ccccc1Cl. The summed E-state index contributed by atoms with van der Waals surface area (Å²) in [7, 11) is 1.64. The number of nitrogens with zero attached hydrogens (tertiary/aromatic N) is 4. The summed E-state index contributed by atoms with van der Waals surface area (Å²) in [6.45, 7) is 0.596. The number of rotatable bonds is 6. The van der Waals surface area contributed by atoms with Gasteiger partial charge in [0.15, 0.2) is 5.69 Å². The highest BCUT2D eigenvalue weighted by Crippen LogP contribution is 2.18. The van der Waals surface area contributed by atoms with Gasteiger partial charge in [0.05, 0.1) is 17.1 Å². The van der Waals surface area contributed by atoms with Crippen molar-refractivity contribution in [2.75, 3.05) is 10.6 Å². The molecule has 4 rings (SSSR count). The molecule has 2 N–H and O–H groups in total. The molecular formula is C22H19ClN6O2. The zero-order valence-corrected chi connectivity index (χ0v) is 17.4. The van der Waals surface area contributed by atoms with Crippen LogP contribution in [0.1, 0.15) is 26.4 Å². The first kappa shape index (κ1) is 20.4. The predicted octanol–water partition coefficient (Wildman–Crippen LogP) is 3.82. The van der Waals surface area contributed by atoms with Crippen LogP contribution in [0.3, 0.4) is 0 Å². The Morgan fingerprint density at radius 1 is 1.00 bits per heavy atom. The third kappa shape index (κ3) is 4.81. The number of aryl methyl sites for hydroxylation is 1. The highest BCUT2D eigenvalue weighted by Gasteiger charge is 2.16. The number of amides is 2. The molecule has 8 nitrogen and oxygen atoms in total. The van der Waals surface area contributed by atoms with Crippen LogP contribution in [0.15, 0.2) is 73.1 Å². The van der Waals surface area contributed by atoms with Crippen LogP contribution in [0.2, 0.25) is 5.02 Å². The van der Waals surface area contributed by atoms with Gasteiger partial charge in [-0.1, -0.05) is 35.9 Å². The van der Waals surface area contributed by atoms with Crippen molar-refractivity contribution in [2.45, 2.75) is 6.54 Å². The molecule has 0 saturated heterocycles. The average Bonchev–Trinajstić information content (AvgIpc) is 3.38. The van der Waals surface area contributed by atoms with Crippen molar-refractivity contribution in [2.24, 2.45) is 7.05 Å². The fraction of sp³-hybridized carbons (Fsp3) is 0.0909. The van der Waals surface area contributed by atoms with Crippen LogP contribution in [0.4, 0.5) is 11.5 Å². The molecule has 0 saturated carbocycles. The van der Waals surface area contributed by atoms with Crippen LogP contribution < -0.4 is 10.6 Å². The minimum atomic E-state index is -0.384. The second kappa shape index (κ2) is 8.85. The Kier molecular flexibility index (Phi) is 5.81. The second-order valence-electron chi connectivity index (χ2n) is 6.83. The van der Waals surface area contributed by atoms with Crippen molar-refractivity contribution in [1.82, 2.24) is 19.6 Å². The lowest BCUT2D eigenvalue weighted by Gasteiger charge is -2.06. The molecule has 2 amide bonds. The van der Waals surface area contributed by atoms with E-state index >= 15 is 0 Å². The summed E-state index contributed by atoms with van der Waals surface area (Å²) in [4.78, 5) is 25.2. The van der Waals surface area contributed by atoms with E-state index in [2.05, 4.69) is 20.8 Å². The van der Waals surface area contributed by atoms with Gasteiger partial charge >= 0.3 is 0 Å². The third-order valence-corrected chi connectivity index (χ3v) is 4.89. The van der Waals surface area contributed by atoms with Crippen molar-refractivity contribution in [3.8, 4) is 0 Å². The number of halogens is 1. The van der Waals surface area contributed by atoms with Gasteiger partial charge in [0.2, 0.25) is 0 Å². The van der Waals surface area contributed by atoms with Crippen LogP contribution in [0.25, 0.3) is 0 Å².